The molecule has 2 heterocycles. The molecule has 0 bridgehead atoms. The maximum atomic E-state index is 11.2. The van der Waals surface area contributed by atoms with Gasteiger partial charge in [0.05, 0.1) is 10.6 Å². The fourth-order valence-electron chi connectivity index (χ4n) is 2.73. The van der Waals surface area contributed by atoms with Crippen molar-refractivity contribution in [2.24, 2.45) is 7.05 Å². The average Bonchev–Trinajstić information content (AvgIpc) is 3.08. The number of aryl methyl sites for hydroxylation is 3. The summed E-state index contributed by atoms with van der Waals surface area (Å²) in [5.41, 5.74) is 2.14. The normalized spacial score (nSPS) is 10.8. The number of anilines is 1. The molecule has 130 valence electrons. The summed E-state index contributed by atoms with van der Waals surface area (Å²) in [5, 5.41) is 18.4. The molecule has 8 nitrogen and oxygen atoms in total. The number of nitro groups is 1. The van der Waals surface area contributed by atoms with E-state index in [0.717, 1.165) is 17.0 Å². The topological polar surface area (TPSA) is 99.0 Å². The molecule has 0 atom stereocenters. The van der Waals surface area contributed by atoms with Crippen molar-refractivity contribution < 1.29 is 9.34 Å². The van der Waals surface area contributed by atoms with E-state index in [2.05, 4.69) is 15.4 Å². The van der Waals surface area contributed by atoms with Crippen molar-refractivity contribution in [3.8, 4) is 11.5 Å². The van der Waals surface area contributed by atoms with E-state index in [-0.39, 0.29) is 5.69 Å². The van der Waals surface area contributed by atoms with E-state index >= 15 is 0 Å². The zero-order valence-corrected chi connectivity index (χ0v) is 14.3. The highest BCUT2D eigenvalue weighted by Gasteiger charge is 2.23. The zero-order chi connectivity index (χ0) is 18.0. The van der Waals surface area contributed by atoms with Crippen LogP contribution in [0.25, 0.3) is 11.5 Å². The van der Waals surface area contributed by atoms with Gasteiger partial charge in [0.2, 0.25) is 11.7 Å². The van der Waals surface area contributed by atoms with E-state index in [9.17, 15) is 10.1 Å². The summed E-state index contributed by atoms with van der Waals surface area (Å²) in [6, 6.07) is 9.68. The Morgan fingerprint density at radius 3 is 2.68 bits per heavy atom. The molecule has 0 aliphatic rings. The molecular formula is C17H19N5O3. The third-order valence-electron chi connectivity index (χ3n) is 3.94. The lowest BCUT2D eigenvalue weighted by atomic mass is 10.2. The molecule has 8 heteroatoms. The highest BCUT2D eigenvalue weighted by Crippen LogP contribution is 2.27. The summed E-state index contributed by atoms with van der Waals surface area (Å²) in [6.45, 7) is 3.98. The Morgan fingerprint density at radius 1 is 1.28 bits per heavy atom. The number of benzene rings is 1. The van der Waals surface area contributed by atoms with E-state index in [1.807, 2.05) is 37.3 Å². The predicted octanol–water partition coefficient (Wildman–Crippen LogP) is 3.25. The van der Waals surface area contributed by atoms with Crippen LogP contribution in [0.2, 0.25) is 0 Å². The van der Waals surface area contributed by atoms with Crippen molar-refractivity contribution in [1.82, 2.24) is 14.8 Å². The number of hydrogen-bond donors (Lipinski definition) is 1. The Labute approximate surface area is 144 Å². The Morgan fingerprint density at radius 2 is 2.00 bits per heavy atom. The predicted molar refractivity (Wildman–Crippen MR) is 93.5 cm³/mol. The molecule has 25 heavy (non-hydrogen) atoms. The summed E-state index contributed by atoms with van der Waals surface area (Å²) in [4.78, 5) is 15.3. The first kappa shape index (κ1) is 16.7. The van der Waals surface area contributed by atoms with Crippen LogP contribution < -0.4 is 5.32 Å². The number of hydrogen-bond acceptors (Lipinski definition) is 6. The van der Waals surface area contributed by atoms with E-state index in [4.69, 9.17) is 4.42 Å². The van der Waals surface area contributed by atoms with Gasteiger partial charge in [-0.1, -0.05) is 18.2 Å². The second-order valence-corrected chi connectivity index (χ2v) is 5.73. The third-order valence-corrected chi connectivity index (χ3v) is 3.94. The van der Waals surface area contributed by atoms with Crippen molar-refractivity contribution in [2.45, 2.75) is 20.3 Å². The molecule has 2 aromatic heterocycles. The number of rotatable bonds is 6. The quantitative estimate of drug-likeness (QED) is 0.546. The number of nitrogens with one attached hydrogen (secondary N) is 1. The molecule has 0 saturated carbocycles. The molecule has 3 rings (SSSR count). The van der Waals surface area contributed by atoms with Gasteiger partial charge in [-0.2, -0.15) is 5.10 Å². The van der Waals surface area contributed by atoms with Crippen LogP contribution in [0.5, 0.6) is 0 Å². The zero-order valence-electron chi connectivity index (χ0n) is 14.3. The second-order valence-electron chi connectivity index (χ2n) is 5.73. The van der Waals surface area contributed by atoms with Crippen molar-refractivity contribution in [1.29, 1.82) is 0 Å². The van der Waals surface area contributed by atoms with Crippen LogP contribution in [0.15, 0.2) is 34.7 Å². The lowest BCUT2D eigenvalue weighted by molar-refractivity contribution is -0.384. The standard InChI is InChI=1S/C17H19N5O3/c1-11-15(22(23)24)16(21(3)20-11)18-10-9-14-12(2)25-17(19-14)13-7-5-4-6-8-13/h4-8,18H,9-10H2,1-3H3. The van der Waals surface area contributed by atoms with E-state index in [1.54, 1.807) is 14.0 Å². The van der Waals surface area contributed by atoms with Gasteiger partial charge in [-0.3, -0.25) is 10.1 Å². The van der Waals surface area contributed by atoms with Gasteiger partial charge < -0.3 is 9.73 Å². The van der Waals surface area contributed by atoms with Gasteiger partial charge in [-0.05, 0) is 26.0 Å². The number of oxazole rings is 1. The molecule has 0 aliphatic carbocycles. The maximum absolute atomic E-state index is 11.2. The van der Waals surface area contributed by atoms with Crippen LogP contribution in [0.4, 0.5) is 11.5 Å². The highest BCUT2D eigenvalue weighted by molar-refractivity contribution is 5.59. The molecule has 0 amide bonds. The minimum Gasteiger partial charge on any atom is -0.441 e. The average molecular weight is 341 g/mol. The molecule has 0 radical (unpaired) electrons. The van der Waals surface area contributed by atoms with Gasteiger partial charge >= 0.3 is 5.69 Å². The van der Waals surface area contributed by atoms with E-state index in [1.165, 1.54) is 4.68 Å². The lowest BCUT2D eigenvalue weighted by Crippen LogP contribution is -2.10. The van der Waals surface area contributed by atoms with Gasteiger partial charge in [0.25, 0.3) is 0 Å². The van der Waals surface area contributed by atoms with Crippen LogP contribution in [-0.4, -0.2) is 26.2 Å². The Hall–Kier alpha value is -3.16. The van der Waals surface area contributed by atoms with Crippen LogP contribution in [0.3, 0.4) is 0 Å². The van der Waals surface area contributed by atoms with Gasteiger partial charge in [-0.25, -0.2) is 9.67 Å². The first-order valence-electron chi connectivity index (χ1n) is 7.91. The molecule has 0 fully saturated rings. The number of nitrogens with zero attached hydrogens (tertiary/aromatic N) is 4. The summed E-state index contributed by atoms with van der Waals surface area (Å²) in [5.74, 6) is 1.72. The molecule has 1 aromatic carbocycles. The van der Waals surface area contributed by atoms with Crippen LogP contribution in [-0.2, 0) is 13.5 Å². The highest BCUT2D eigenvalue weighted by atomic mass is 16.6. The Kier molecular flexibility index (Phi) is 4.51. The van der Waals surface area contributed by atoms with Crippen molar-refractivity contribution >= 4 is 11.5 Å². The molecule has 0 saturated heterocycles. The van der Waals surface area contributed by atoms with Gasteiger partial charge in [-0.15, -0.1) is 0 Å². The molecule has 0 spiro atoms. The third kappa shape index (κ3) is 3.37. The van der Waals surface area contributed by atoms with Crippen molar-refractivity contribution in [2.75, 3.05) is 11.9 Å². The first-order valence-corrected chi connectivity index (χ1v) is 7.91. The van der Waals surface area contributed by atoms with Crippen LogP contribution in [0.1, 0.15) is 17.1 Å². The minimum absolute atomic E-state index is 0.00403. The SMILES string of the molecule is Cc1nn(C)c(NCCc2nc(-c3ccccc3)oc2C)c1[N+](=O)[O-]. The summed E-state index contributed by atoms with van der Waals surface area (Å²) >= 11 is 0. The molecular weight excluding hydrogens is 322 g/mol. The van der Waals surface area contributed by atoms with Crippen molar-refractivity contribution in [3.05, 3.63) is 57.6 Å². The Bertz CT molecular complexity index is 899. The maximum Gasteiger partial charge on any atom is 0.333 e. The summed E-state index contributed by atoms with van der Waals surface area (Å²) in [7, 11) is 1.68. The van der Waals surface area contributed by atoms with Crippen LogP contribution >= 0.6 is 0 Å². The minimum atomic E-state index is -0.417. The van der Waals surface area contributed by atoms with Gasteiger partial charge in [0.1, 0.15) is 11.5 Å². The number of aromatic nitrogens is 3. The molecule has 1 N–H and O–H groups in total. The largest absolute Gasteiger partial charge is 0.441 e. The second kappa shape index (κ2) is 6.76. The lowest BCUT2D eigenvalue weighted by Gasteiger charge is -2.05. The fraction of sp³-hybridized carbons (Fsp3) is 0.294. The van der Waals surface area contributed by atoms with Crippen LogP contribution in [0, 0.1) is 24.0 Å². The summed E-state index contributed by atoms with van der Waals surface area (Å²) in [6.07, 6.45) is 0.587. The van der Waals surface area contributed by atoms with Crippen molar-refractivity contribution in [3.63, 3.8) is 0 Å². The fourth-order valence-corrected chi connectivity index (χ4v) is 2.73. The molecule has 0 unspecified atom stereocenters. The molecule has 0 aliphatic heterocycles. The summed E-state index contributed by atoms with van der Waals surface area (Å²) < 4.78 is 7.21. The monoisotopic (exact) mass is 341 g/mol. The van der Waals surface area contributed by atoms with Gasteiger partial charge in [0.15, 0.2) is 0 Å². The van der Waals surface area contributed by atoms with E-state index in [0.29, 0.717) is 30.4 Å². The molecule has 3 aromatic rings. The van der Waals surface area contributed by atoms with Gasteiger partial charge in [0, 0.05) is 25.6 Å². The Balaban J connectivity index is 1.72. The van der Waals surface area contributed by atoms with E-state index < -0.39 is 4.92 Å². The first-order chi connectivity index (χ1) is 12.0. The smallest absolute Gasteiger partial charge is 0.333 e.